The van der Waals surface area contributed by atoms with Crippen LogP contribution in [0.5, 0.6) is 17.2 Å². The molecule has 1 atom stereocenters. The van der Waals surface area contributed by atoms with E-state index in [2.05, 4.69) is 19.2 Å². The number of allylic oxidation sites excluding steroid dienone is 1. The molecule has 0 fully saturated rings. The highest BCUT2D eigenvalue weighted by atomic mass is 16.5. The SMILES string of the molecule is COC(=O)CN1c2ccccc2NC2=C(C(=O)CC(C)(C)C2)C1c1ccc(OC)c(OC)c1OC. The number of nitrogens with zero attached hydrogens (tertiary/aromatic N) is 1. The van der Waals surface area contributed by atoms with Crippen LogP contribution >= 0.6 is 0 Å². The Balaban J connectivity index is 2.05. The summed E-state index contributed by atoms with van der Waals surface area (Å²) in [6.07, 6.45) is 1.07. The first kappa shape index (κ1) is 24.4. The van der Waals surface area contributed by atoms with Crippen LogP contribution in [0.2, 0.25) is 0 Å². The summed E-state index contributed by atoms with van der Waals surface area (Å²) >= 11 is 0. The fourth-order valence-electron chi connectivity index (χ4n) is 5.09. The van der Waals surface area contributed by atoms with E-state index in [1.54, 1.807) is 27.4 Å². The summed E-state index contributed by atoms with van der Waals surface area (Å²) in [5.74, 6) is 0.965. The molecule has 1 aliphatic heterocycles. The zero-order valence-corrected chi connectivity index (χ0v) is 21.1. The van der Waals surface area contributed by atoms with Gasteiger partial charge in [-0.2, -0.15) is 0 Å². The van der Waals surface area contributed by atoms with E-state index in [0.717, 1.165) is 17.1 Å². The molecule has 0 spiro atoms. The van der Waals surface area contributed by atoms with Gasteiger partial charge in [0.2, 0.25) is 5.75 Å². The van der Waals surface area contributed by atoms with E-state index in [1.165, 1.54) is 7.11 Å². The first-order chi connectivity index (χ1) is 16.7. The first-order valence-electron chi connectivity index (χ1n) is 11.5. The van der Waals surface area contributed by atoms with Crippen molar-refractivity contribution in [1.29, 1.82) is 0 Å². The maximum Gasteiger partial charge on any atom is 0.325 e. The number of methoxy groups -OCH3 is 4. The molecule has 35 heavy (non-hydrogen) atoms. The van der Waals surface area contributed by atoms with Gasteiger partial charge in [0, 0.05) is 23.3 Å². The Hall–Kier alpha value is -3.68. The van der Waals surface area contributed by atoms with Crippen LogP contribution < -0.4 is 24.4 Å². The van der Waals surface area contributed by atoms with Crippen molar-refractivity contribution in [3.8, 4) is 17.2 Å². The second-order valence-corrected chi connectivity index (χ2v) is 9.51. The van der Waals surface area contributed by atoms with Gasteiger partial charge in [-0.3, -0.25) is 9.59 Å². The van der Waals surface area contributed by atoms with Crippen LogP contribution in [-0.4, -0.2) is 46.7 Å². The molecule has 186 valence electrons. The molecular formula is C27H32N2O6. The zero-order chi connectivity index (χ0) is 25.3. The molecule has 1 heterocycles. The van der Waals surface area contributed by atoms with Gasteiger partial charge in [0.1, 0.15) is 6.54 Å². The molecule has 0 saturated carbocycles. The van der Waals surface area contributed by atoms with Crippen molar-refractivity contribution in [3.05, 3.63) is 53.2 Å². The number of ketones is 1. The number of rotatable bonds is 6. The number of carbonyl (C=O) groups excluding carboxylic acids is 2. The van der Waals surface area contributed by atoms with Gasteiger partial charge in [0.15, 0.2) is 17.3 Å². The number of ether oxygens (including phenoxy) is 4. The van der Waals surface area contributed by atoms with E-state index in [-0.39, 0.29) is 17.7 Å². The topological polar surface area (TPSA) is 86.3 Å². The minimum atomic E-state index is -0.626. The minimum absolute atomic E-state index is 0.0215. The van der Waals surface area contributed by atoms with Crippen LogP contribution in [0.4, 0.5) is 11.4 Å². The number of hydrogen-bond donors (Lipinski definition) is 1. The van der Waals surface area contributed by atoms with Crippen LogP contribution in [0.3, 0.4) is 0 Å². The van der Waals surface area contributed by atoms with Crippen molar-refractivity contribution in [3.63, 3.8) is 0 Å². The largest absolute Gasteiger partial charge is 0.493 e. The lowest BCUT2D eigenvalue weighted by Crippen LogP contribution is -2.39. The molecule has 1 N–H and O–H groups in total. The summed E-state index contributed by atoms with van der Waals surface area (Å²) in [7, 11) is 6.00. The van der Waals surface area contributed by atoms with Gasteiger partial charge >= 0.3 is 5.97 Å². The van der Waals surface area contributed by atoms with Crippen molar-refractivity contribution in [2.24, 2.45) is 5.41 Å². The maximum absolute atomic E-state index is 13.8. The first-order valence-corrected chi connectivity index (χ1v) is 11.5. The maximum atomic E-state index is 13.8. The van der Waals surface area contributed by atoms with Gasteiger partial charge < -0.3 is 29.2 Å². The molecule has 0 amide bonds. The van der Waals surface area contributed by atoms with E-state index in [0.29, 0.717) is 41.2 Å². The Kier molecular flexibility index (Phi) is 6.65. The Labute approximate surface area is 205 Å². The van der Waals surface area contributed by atoms with Gasteiger partial charge in [0.25, 0.3) is 0 Å². The molecular weight excluding hydrogens is 448 g/mol. The number of fused-ring (bicyclic) bond motifs is 1. The fraction of sp³-hybridized carbons (Fsp3) is 0.407. The third-order valence-corrected chi connectivity index (χ3v) is 6.56. The van der Waals surface area contributed by atoms with E-state index in [9.17, 15) is 9.59 Å². The quantitative estimate of drug-likeness (QED) is 0.605. The summed E-state index contributed by atoms with van der Waals surface area (Å²) in [6, 6.07) is 10.7. The molecule has 4 rings (SSSR count). The van der Waals surface area contributed by atoms with Gasteiger partial charge in [-0.05, 0) is 36.1 Å². The average molecular weight is 481 g/mol. The highest BCUT2D eigenvalue weighted by molar-refractivity contribution is 6.02. The average Bonchev–Trinajstić information content (AvgIpc) is 2.96. The number of esters is 1. The number of anilines is 2. The predicted molar refractivity (Wildman–Crippen MR) is 133 cm³/mol. The summed E-state index contributed by atoms with van der Waals surface area (Å²) in [5, 5.41) is 3.53. The number of nitrogens with one attached hydrogen (secondary N) is 1. The van der Waals surface area contributed by atoms with Gasteiger partial charge in [0.05, 0.1) is 45.9 Å². The lowest BCUT2D eigenvalue weighted by Gasteiger charge is -2.38. The van der Waals surface area contributed by atoms with Crippen LogP contribution in [0, 0.1) is 5.41 Å². The molecule has 0 saturated heterocycles. The fourth-order valence-corrected chi connectivity index (χ4v) is 5.09. The number of para-hydroxylation sites is 2. The number of carbonyl (C=O) groups is 2. The lowest BCUT2D eigenvalue weighted by atomic mass is 9.73. The molecule has 0 aromatic heterocycles. The normalized spacial score (nSPS) is 18.6. The summed E-state index contributed by atoms with van der Waals surface area (Å²) in [6.45, 7) is 4.11. The van der Waals surface area contributed by atoms with Gasteiger partial charge in [-0.25, -0.2) is 0 Å². The van der Waals surface area contributed by atoms with E-state index in [1.807, 2.05) is 35.2 Å². The van der Waals surface area contributed by atoms with Crippen LogP contribution in [0.15, 0.2) is 47.7 Å². The Morgan fingerprint density at radius 1 is 1.00 bits per heavy atom. The van der Waals surface area contributed by atoms with Gasteiger partial charge in [-0.1, -0.05) is 26.0 Å². The van der Waals surface area contributed by atoms with Crippen molar-refractivity contribution in [1.82, 2.24) is 0 Å². The lowest BCUT2D eigenvalue weighted by molar-refractivity contribution is -0.139. The Morgan fingerprint density at radius 3 is 2.37 bits per heavy atom. The molecule has 1 unspecified atom stereocenters. The van der Waals surface area contributed by atoms with Gasteiger partial charge in [-0.15, -0.1) is 0 Å². The van der Waals surface area contributed by atoms with E-state index in [4.69, 9.17) is 18.9 Å². The van der Waals surface area contributed by atoms with Crippen molar-refractivity contribution in [2.45, 2.75) is 32.7 Å². The highest BCUT2D eigenvalue weighted by Crippen LogP contribution is 2.52. The smallest absolute Gasteiger partial charge is 0.325 e. The number of hydrogen-bond acceptors (Lipinski definition) is 8. The van der Waals surface area contributed by atoms with Crippen molar-refractivity contribution >= 4 is 23.1 Å². The monoisotopic (exact) mass is 480 g/mol. The second kappa shape index (κ2) is 9.52. The minimum Gasteiger partial charge on any atom is -0.493 e. The van der Waals surface area contributed by atoms with E-state index >= 15 is 0 Å². The Morgan fingerprint density at radius 2 is 1.71 bits per heavy atom. The summed E-state index contributed by atoms with van der Waals surface area (Å²) in [5.41, 5.74) is 3.52. The van der Waals surface area contributed by atoms with Crippen LogP contribution in [-0.2, 0) is 14.3 Å². The van der Waals surface area contributed by atoms with Crippen LogP contribution in [0.1, 0.15) is 38.3 Å². The summed E-state index contributed by atoms with van der Waals surface area (Å²) < 4.78 is 22.0. The standard InChI is InChI=1S/C27H32N2O6/c1-27(2)13-18-23(20(30)14-27)24(16-11-12-21(32-3)26(35-6)25(16)34-5)29(15-22(31)33-4)19-10-8-7-9-17(19)28-18/h7-12,24,28H,13-15H2,1-6H3. The number of benzene rings is 2. The molecule has 8 nitrogen and oxygen atoms in total. The molecule has 0 radical (unpaired) electrons. The zero-order valence-electron chi connectivity index (χ0n) is 21.1. The predicted octanol–water partition coefficient (Wildman–Crippen LogP) is 4.50. The molecule has 2 aromatic carbocycles. The Bertz CT molecular complexity index is 1190. The molecule has 2 aliphatic rings. The molecule has 8 heteroatoms. The van der Waals surface area contributed by atoms with Crippen molar-refractivity contribution in [2.75, 3.05) is 45.2 Å². The third kappa shape index (κ3) is 4.40. The molecule has 0 bridgehead atoms. The molecule has 1 aliphatic carbocycles. The van der Waals surface area contributed by atoms with Crippen molar-refractivity contribution < 1.29 is 28.5 Å². The van der Waals surface area contributed by atoms with Crippen LogP contribution in [0.25, 0.3) is 0 Å². The number of Topliss-reactive ketones (excluding diaryl/α,β-unsaturated/α-hetero) is 1. The molecule has 2 aromatic rings. The highest BCUT2D eigenvalue weighted by Gasteiger charge is 2.43. The second-order valence-electron chi connectivity index (χ2n) is 9.51. The summed E-state index contributed by atoms with van der Waals surface area (Å²) in [4.78, 5) is 28.3. The third-order valence-electron chi connectivity index (χ3n) is 6.56. The van der Waals surface area contributed by atoms with E-state index < -0.39 is 12.0 Å².